The van der Waals surface area contributed by atoms with Crippen LogP contribution in [0.2, 0.25) is 0 Å². The van der Waals surface area contributed by atoms with Gasteiger partial charge in [-0.1, -0.05) is 25.0 Å². The van der Waals surface area contributed by atoms with Gasteiger partial charge in [0.05, 0.1) is 11.3 Å². The molecule has 1 saturated heterocycles. The van der Waals surface area contributed by atoms with Crippen LogP contribution in [0.25, 0.3) is 0 Å². The Bertz CT molecular complexity index is 839. The molecule has 0 radical (unpaired) electrons. The van der Waals surface area contributed by atoms with E-state index in [4.69, 9.17) is 0 Å². The van der Waals surface area contributed by atoms with Gasteiger partial charge in [-0.25, -0.2) is 0 Å². The Morgan fingerprint density at radius 2 is 1.39 bits per heavy atom. The Hall–Kier alpha value is -2.83. The van der Waals surface area contributed by atoms with Crippen LogP contribution in [0.4, 0.5) is 18.9 Å². The molecule has 148 valence electrons. The Labute approximate surface area is 161 Å². The van der Waals surface area contributed by atoms with E-state index in [1.54, 1.807) is 0 Å². The molecule has 1 fully saturated rings. The Morgan fingerprint density at radius 3 is 2.00 bits per heavy atom. The highest BCUT2D eigenvalue weighted by Crippen LogP contribution is 2.34. The molecule has 4 nitrogen and oxygen atoms in total. The number of hydrogen-bond acceptors (Lipinski definition) is 2. The number of carbonyl (C=O) groups excluding carboxylic acids is 2. The molecule has 3 rings (SSSR count). The van der Waals surface area contributed by atoms with Gasteiger partial charge in [-0.05, 0) is 49.2 Å². The van der Waals surface area contributed by atoms with Crippen LogP contribution in [0.15, 0.2) is 48.5 Å². The number of anilines is 1. The number of hydrogen-bond donors (Lipinski definition) is 1. The highest BCUT2D eigenvalue weighted by molar-refractivity contribution is 6.05. The van der Waals surface area contributed by atoms with E-state index < -0.39 is 17.6 Å². The topological polar surface area (TPSA) is 49.4 Å². The van der Waals surface area contributed by atoms with Crippen molar-refractivity contribution in [1.29, 1.82) is 0 Å². The minimum absolute atomic E-state index is 0.0868. The molecule has 0 aliphatic carbocycles. The molecule has 1 aliphatic rings. The van der Waals surface area contributed by atoms with Gasteiger partial charge in [0.1, 0.15) is 0 Å². The fourth-order valence-electron chi connectivity index (χ4n) is 3.25. The first-order chi connectivity index (χ1) is 13.4. The van der Waals surface area contributed by atoms with Crippen molar-refractivity contribution in [3.05, 3.63) is 65.2 Å². The van der Waals surface area contributed by atoms with Crippen LogP contribution in [-0.4, -0.2) is 29.8 Å². The lowest BCUT2D eigenvalue weighted by atomic mass is 10.1. The Kier molecular flexibility index (Phi) is 6.02. The molecule has 0 unspecified atom stereocenters. The van der Waals surface area contributed by atoms with Crippen molar-refractivity contribution in [2.45, 2.75) is 31.9 Å². The highest BCUT2D eigenvalue weighted by Gasteiger charge is 2.33. The van der Waals surface area contributed by atoms with Gasteiger partial charge >= 0.3 is 6.18 Å². The van der Waals surface area contributed by atoms with Gasteiger partial charge < -0.3 is 10.2 Å². The van der Waals surface area contributed by atoms with Crippen molar-refractivity contribution in [2.24, 2.45) is 0 Å². The summed E-state index contributed by atoms with van der Waals surface area (Å²) in [5.41, 5.74) is -0.556. The fraction of sp³-hybridized carbons (Fsp3) is 0.333. The third kappa shape index (κ3) is 4.71. The zero-order valence-electron chi connectivity index (χ0n) is 15.3. The van der Waals surface area contributed by atoms with E-state index in [0.29, 0.717) is 5.56 Å². The molecule has 1 N–H and O–H groups in total. The number of alkyl halides is 3. The molecule has 1 heterocycles. The van der Waals surface area contributed by atoms with E-state index in [-0.39, 0.29) is 17.2 Å². The Balaban J connectivity index is 1.72. The first kappa shape index (κ1) is 19.9. The lowest BCUT2D eigenvalue weighted by Gasteiger charge is -2.20. The summed E-state index contributed by atoms with van der Waals surface area (Å²) in [7, 11) is 0. The van der Waals surface area contributed by atoms with Crippen molar-refractivity contribution in [3.8, 4) is 0 Å². The highest BCUT2D eigenvalue weighted by atomic mass is 19.4. The zero-order valence-corrected chi connectivity index (χ0v) is 15.3. The van der Waals surface area contributed by atoms with Crippen molar-refractivity contribution in [2.75, 3.05) is 18.4 Å². The second-order valence-electron chi connectivity index (χ2n) is 6.78. The summed E-state index contributed by atoms with van der Waals surface area (Å²) >= 11 is 0. The lowest BCUT2D eigenvalue weighted by molar-refractivity contribution is -0.136. The number of likely N-dealkylation sites (tertiary alicyclic amines) is 1. The Morgan fingerprint density at radius 1 is 0.821 bits per heavy atom. The monoisotopic (exact) mass is 390 g/mol. The number of rotatable bonds is 3. The summed E-state index contributed by atoms with van der Waals surface area (Å²) in [6.07, 6.45) is -0.381. The molecule has 7 heteroatoms. The molecule has 0 spiro atoms. The van der Waals surface area contributed by atoms with Crippen molar-refractivity contribution >= 4 is 17.5 Å². The molecule has 2 aromatic rings. The number of carbonyl (C=O) groups is 2. The number of amides is 2. The van der Waals surface area contributed by atoms with Gasteiger partial charge in [-0.2, -0.15) is 13.2 Å². The molecular weight excluding hydrogens is 369 g/mol. The van der Waals surface area contributed by atoms with Crippen LogP contribution in [0.1, 0.15) is 52.0 Å². The van der Waals surface area contributed by atoms with Crippen LogP contribution in [0.5, 0.6) is 0 Å². The minimum Gasteiger partial charge on any atom is -0.339 e. The maximum atomic E-state index is 13.1. The number of benzene rings is 2. The number of nitrogens with one attached hydrogen (secondary N) is 1. The van der Waals surface area contributed by atoms with Gasteiger partial charge in [0.2, 0.25) is 0 Å². The average Bonchev–Trinajstić information content (AvgIpc) is 2.96. The maximum Gasteiger partial charge on any atom is 0.418 e. The zero-order chi connectivity index (χ0) is 20.1. The molecule has 0 atom stereocenters. The second-order valence-corrected chi connectivity index (χ2v) is 6.78. The second kappa shape index (κ2) is 8.46. The summed E-state index contributed by atoms with van der Waals surface area (Å²) in [4.78, 5) is 26.7. The fourth-order valence-corrected chi connectivity index (χ4v) is 3.25. The van der Waals surface area contributed by atoms with Crippen molar-refractivity contribution < 1.29 is 22.8 Å². The summed E-state index contributed by atoms with van der Waals surface area (Å²) in [6.45, 7) is 1.44. The van der Waals surface area contributed by atoms with Gasteiger partial charge in [0.25, 0.3) is 11.8 Å². The van der Waals surface area contributed by atoms with E-state index in [0.717, 1.165) is 44.8 Å². The predicted octanol–water partition coefficient (Wildman–Crippen LogP) is 4.97. The van der Waals surface area contributed by atoms with Crippen LogP contribution >= 0.6 is 0 Å². The van der Waals surface area contributed by atoms with Crippen LogP contribution < -0.4 is 5.32 Å². The molecule has 0 saturated carbocycles. The van der Waals surface area contributed by atoms with E-state index in [2.05, 4.69) is 5.32 Å². The summed E-state index contributed by atoms with van der Waals surface area (Å²) in [6, 6.07) is 10.8. The van der Waals surface area contributed by atoms with Gasteiger partial charge in [0.15, 0.2) is 0 Å². The van der Waals surface area contributed by atoms with E-state index in [1.165, 1.54) is 42.5 Å². The molecule has 1 aliphatic heterocycles. The van der Waals surface area contributed by atoms with Gasteiger partial charge in [0, 0.05) is 24.2 Å². The smallest absolute Gasteiger partial charge is 0.339 e. The summed E-state index contributed by atoms with van der Waals surface area (Å²) in [5.74, 6) is -0.748. The summed E-state index contributed by atoms with van der Waals surface area (Å²) in [5, 5.41) is 2.30. The van der Waals surface area contributed by atoms with Crippen molar-refractivity contribution in [3.63, 3.8) is 0 Å². The lowest BCUT2D eigenvalue weighted by Crippen LogP contribution is -2.31. The SMILES string of the molecule is O=C(Nc1ccccc1C(F)(F)F)c1ccc(C(=O)N2CCCCCC2)cc1. The van der Waals surface area contributed by atoms with Crippen LogP contribution in [0.3, 0.4) is 0 Å². The number of para-hydroxylation sites is 1. The summed E-state index contributed by atoms with van der Waals surface area (Å²) < 4.78 is 39.2. The minimum atomic E-state index is -4.56. The molecule has 0 aromatic heterocycles. The van der Waals surface area contributed by atoms with E-state index in [1.807, 2.05) is 4.90 Å². The first-order valence-corrected chi connectivity index (χ1v) is 9.23. The molecule has 28 heavy (non-hydrogen) atoms. The van der Waals surface area contributed by atoms with Crippen molar-refractivity contribution in [1.82, 2.24) is 4.90 Å². The van der Waals surface area contributed by atoms with E-state index >= 15 is 0 Å². The first-order valence-electron chi connectivity index (χ1n) is 9.23. The van der Waals surface area contributed by atoms with Gasteiger partial charge in [-0.15, -0.1) is 0 Å². The maximum absolute atomic E-state index is 13.1. The largest absolute Gasteiger partial charge is 0.418 e. The average molecular weight is 390 g/mol. The number of nitrogens with zero attached hydrogens (tertiary/aromatic N) is 1. The standard InChI is InChI=1S/C21H21F3N2O2/c22-21(23,24)17-7-3-4-8-18(17)25-19(27)15-9-11-16(12-10-15)20(28)26-13-5-1-2-6-14-26/h3-4,7-12H,1-2,5-6,13-14H2,(H,25,27). The van der Waals surface area contributed by atoms with E-state index in [9.17, 15) is 22.8 Å². The van der Waals surface area contributed by atoms with Crippen LogP contribution in [-0.2, 0) is 6.18 Å². The molecule has 2 amide bonds. The molecule has 0 bridgehead atoms. The number of halogens is 3. The predicted molar refractivity (Wildman–Crippen MR) is 100 cm³/mol. The van der Waals surface area contributed by atoms with Crippen LogP contribution in [0, 0.1) is 0 Å². The third-order valence-electron chi connectivity index (χ3n) is 4.77. The molecule has 2 aromatic carbocycles. The third-order valence-corrected chi connectivity index (χ3v) is 4.77. The normalized spacial score (nSPS) is 15.0. The molecular formula is C21H21F3N2O2. The van der Waals surface area contributed by atoms with Gasteiger partial charge in [-0.3, -0.25) is 9.59 Å². The quantitative estimate of drug-likeness (QED) is 0.804.